The smallest absolute Gasteiger partial charge is 0.119 e. The molecule has 1 saturated heterocycles. The lowest BCUT2D eigenvalue weighted by molar-refractivity contribution is 0.333. The number of hydrogen-bond acceptors (Lipinski definition) is 3. The van der Waals surface area contributed by atoms with E-state index in [1.807, 2.05) is 12.1 Å². The predicted molar refractivity (Wildman–Crippen MR) is 71.9 cm³/mol. The summed E-state index contributed by atoms with van der Waals surface area (Å²) in [7, 11) is 1.70. The summed E-state index contributed by atoms with van der Waals surface area (Å²) in [4.78, 5) is 2.49. The van der Waals surface area contributed by atoms with Crippen molar-refractivity contribution in [2.45, 2.75) is 32.4 Å². The Morgan fingerprint density at radius 1 is 1.29 bits per heavy atom. The zero-order valence-corrected chi connectivity index (χ0v) is 11.2. The molecule has 0 spiro atoms. The van der Waals surface area contributed by atoms with Crippen LogP contribution in [-0.4, -0.2) is 31.8 Å². The summed E-state index contributed by atoms with van der Waals surface area (Å²) in [5.41, 5.74) is 1.41. The third-order valence-corrected chi connectivity index (χ3v) is 3.44. The molecule has 1 atom stereocenters. The maximum Gasteiger partial charge on any atom is 0.119 e. The largest absolute Gasteiger partial charge is 0.497 e. The van der Waals surface area contributed by atoms with E-state index < -0.39 is 0 Å². The third kappa shape index (κ3) is 2.39. The lowest BCUT2D eigenvalue weighted by Crippen LogP contribution is -2.62. The van der Waals surface area contributed by atoms with Crippen molar-refractivity contribution in [1.82, 2.24) is 5.32 Å². The van der Waals surface area contributed by atoms with E-state index >= 15 is 0 Å². The molecule has 1 aliphatic rings. The summed E-state index contributed by atoms with van der Waals surface area (Å²) in [5.74, 6) is 0.911. The minimum absolute atomic E-state index is 0.145. The molecule has 2 rings (SSSR count). The van der Waals surface area contributed by atoms with Crippen LogP contribution in [-0.2, 0) is 0 Å². The molecule has 3 heteroatoms. The average Bonchev–Trinajstić information content (AvgIpc) is 2.28. The number of piperazine rings is 1. The number of nitrogens with zero attached hydrogens (tertiary/aromatic N) is 1. The van der Waals surface area contributed by atoms with Crippen molar-refractivity contribution >= 4 is 5.69 Å². The van der Waals surface area contributed by atoms with E-state index in [1.54, 1.807) is 7.11 Å². The second-order valence-electron chi connectivity index (χ2n) is 5.36. The molecular formula is C14H22N2O. The number of methoxy groups -OCH3 is 1. The summed E-state index contributed by atoms with van der Waals surface area (Å²) >= 11 is 0. The van der Waals surface area contributed by atoms with E-state index in [1.165, 1.54) is 5.69 Å². The molecule has 0 saturated carbocycles. The van der Waals surface area contributed by atoms with E-state index in [0.717, 1.165) is 18.8 Å². The van der Waals surface area contributed by atoms with Gasteiger partial charge >= 0.3 is 0 Å². The van der Waals surface area contributed by atoms with Gasteiger partial charge in [-0.2, -0.15) is 0 Å². The molecule has 1 fully saturated rings. The monoisotopic (exact) mass is 234 g/mol. The normalized spacial score (nSPS) is 23.5. The summed E-state index contributed by atoms with van der Waals surface area (Å²) in [6.45, 7) is 8.87. The van der Waals surface area contributed by atoms with E-state index in [-0.39, 0.29) is 5.54 Å². The molecular weight excluding hydrogens is 212 g/mol. The number of rotatable bonds is 2. The number of ether oxygens (including phenoxy) is 1. The van der Waals surface area contributed by atoms with Gasteiger partial charge in [0.25, 0.3) is 0 Å². The van der Waals surface area contributed by atoms with Crippen molar-refractivity contribution < 1.29 is 4.74 Å². The summed E-state index contributed by atoms with van der Waals surface area (Å²) in [6, 6.07) is 8.85. The Bertz CT molecular complexity index is 372. The van der Waals surface area contributed by atoms with E-state index in [2.05, 4.69) is 43.1 Å². The Hall–Kier alpha value is -1.22. The molecule has 0 aromatic heterocycles. The van der Waals surface area contributed by atoms with Gasteiger partial charge in [0.1, 0.15) is 5.75 Å². The van der Waals surface area contributed by atoms with Crippen molar-refractivity contribution in [1.29, 1.82) is 0 Å². The van der Waals surface area contributed by atoms with Gasteiger partial charge in [-0.1, -0.05) is 0 Å². The first-order valence-electron chi connectivity index (χ1n) is 6.19. The van der Waals surface area contributed by atoms with Crippen molar-refractivity contribution in [3.63, 3.8) is 0 Å². The van der Waals surface area contributed by atoms with Crippen molar-refractivity contribution in [3.8, 4) is 5.75 Å². The Morgan fingerprint density at radius 2 is 1.94 bits per heavy atom. The fourth-order valence-corrected chi connectivity index (χ4v) is 2.71. The van der Waals surface area contributed by atoms with E-state index in [4.69, 9.17) is 4.74 Å². The fraction of sp³-hybridized carbons (Fsp3) is 0.571. The number of hydrogen-bond donors (Lipinski definition) is 1. The Morgan fingerprint density at radius 3 is 2.47 bits per heavy atom. The van der Waals surface area contributed by atoms with Crippen LogP contribution < -0.4 is 15.0 Å². The topological polar surface area (TPSA) is 24.5 Å². The summed E-state index contributed by atoms with van der Waals surface area (Å²) in [6.07, 6.45) is 0. The highest BCUT2D eigenvalue weighted by Crippen LogP contribution is 2.29. The minimum Gasteiger partial charge on any atom is -0.497 e. The molecule has 17 heavy (non-hydrogen) atoms. The molecule has 0 aliphatic carbocycles. The molecule has 1 aromatic carbocycles. The standard InChI is InChI=1S/C14H22N2O/c1-11-9-15-10-14(2,3)16(11)12-5-7-13(17-4)8-6-12/h5-8,11,15H,9-10H2,1-4H3. The van der Waals surface area contributed by atoms with Crippen LogP contribution >= 0.6 is 0 Å². The maximum atomic E-state index is 5.20. The lowest BCUT2D eigenvalue weighted by Gasteiger charge is -2.48. The molecule has 3 nitrogen and oxygen atoms in total. The van der Waals surface area contributed by atoms with Gasteiger partial charge in [-0.15, -0.1) is 0 Å². The highest BCUT2D eigenvalue weighted by molar-refractivity contribution is 5.52. The van der Waals surface area contributed by atoms with Gasteiger partial charge < -0.3 is 15.0 Å². The SMILES string of the molecule is COc1ccc(N2C(C)CNCC2(C)C)cc1. The van der Waals surface area contributed by atoms with Gasteiger partial charge in [0, 0.05) is 30.4 Å². The minimum atomic E-state index is 0.145. The zero-order valence-electron chi connectivity index (χ0n) is 11.2. The molecule has 0 radical (unpaired) electrons. The molecule has 1 unspecified atom stereocenters. The highest BCUT2D eigenvalue weighted by atomic mass is 16.5. The van der Waals surface area contributed by atoms with Gasteiger partial charge in [0.2, 0.25) is 0 Å². The number of nitrogens with one attached hydrogen (secondary N) is 1. The first-order valence-corrected chi connectivity index (χ1v) is 6.19. The molecule has 0 amide bonds. The highest BCUT2D eigenvalue weighted by Gasteiger charge is 2.34. The van der Waals surface area contributed by atoms with Crippen LogP contribution in [0.3, 0.4) is 0 Å². The van der Waals surface area contributed by atoms with Crippen molar-refractivity contribution in [3.05, 3.63) is 24.3 Å². The molecule has 94 valence electrons. The van der Waals surface area contributed by atoms with Crippen LogP contribution in [0.5, 0.6) is 5.75 Å². The molecule has 1 N–H and O–H groups in total. The Kier molecular flexibility index (Phi) is 3.29. The van der Waals surface area contributed by atoms with E-state index in [0.29, 0.717) is 6.04 Å². The van der Waals surface area contributed by atoms with Crippen LogP contribution in [0.1, 0.15) is 20.8 Å². The van der Waals surface area contributed by atoms with Gasteiger partial charge in [-0.25, -0.2) is 0 Å². The van der Waals surface area contributed by atoms with Crippen molar-refractivity contribution in [2.75, 3.05) is 25.1 Å². The van der Waals surface area contributed by atoms with Gasteiger partial charge in [-0.3, -0.25) is 0 Å². The van der Waals surface area contributed by atoms with E-state index in [9.17, 15) is 0 Å². The lowest BCUT2D eigenvalue weighted by atomic mass is 9.95. The van der Waals surface area contributed by atoms with Crippen LogP contribution in [0.2, 0.25) is 0 Å². The second-order valence-corrected chi connectivity index (χ2v) is 5.36. The van der Waals surface area contributed by atoms with Crippen LogP contribution in [0.25, 0.3) is 0 Å². The number of anilines is 1. The first kappa shape index (κ1) is 12.2. The molecule has 0 bridgehead atoms. The molecule has 1 aromatic rings. The summed E-state index contributed by atoms with van der Waals surface area (Å²) < 4.78 is 5.20. The molecule has 1 heterocycles. The van der Waals surface area contributed by atoms with Crippen LogP contribution in [0, 0.1) is 0 Å². The first-order chi connectivity index (χ1) is 8.04. The van der Waals surface area contributed by atoms with Gasteiger partial charge in [0.15, 0.2) is 0 Å². The zero-order chi connectivity index (χ0) is 12.5. The van der Waals surface area contributed by atoms with Gasteiger partial charge in [-0.05, 0) is 45.0 Å². The maximum absolute atomic E-state index is 5.20. The molecule has 1 aliphatic heterocycles. The fourth-order valence-electron chi connectivity index (χ4n) is 2.71. The van der Waals surface area contributed by atoms with Crippen LogP contribution in [0.4, 0.5) is 5.69 Å². The average molecular weight is 234 g/mol. The second kappa shape index (κ2) is 4.57. The Labute approximate surface area is 104 Å². The summed E-state index contributed by atoms with van der Waals surface area (Å²) in [5, 5.41) is 3.48. The van der Waals surface area contributed by atoms with Gasteiger partial charge in [0.05, 0.1) is 7.11 Å². The van der Waals surface area contributed by atoms with Crippen LogP contribution in [0.15, 0.2) is 24.3 Å². The Balaban J connectivity index is 2.28. The number of benzene rings is 1. The predicted octanol–water partition coefficient (Wildman–Crippen LogP) is 2.27. The third-order valence-electron chi connectivity index (χ3n) is 3.44. The van der Waals surface area contributed by atoms with Crippen molar-refractivity contribution in [2.24, 2.45) is 0 Å². The quantitative estimate of drug-likeness (QED) is 0.849.